The molecule has 0 aromatic carbocycles. The number of nitrogens with two attached hydrogens (primary N) is 1. The fourth-order valence-corrected chi connectivity index (χ4v) is 5.44. The molecule has 252 valence electrons. The fraction of sp³-hybridized carbons (Fsp3) is 0.471. The Kier molecular flexibility index (Phi) is 18.4. The molecule has 0 bridgehead atoms. The topological polar surface area (TPSA) is 193 Å². The molecule has 3 amide bonds. The Morgan fingerprint density at radius 1 is 0.783 bits per heavy atom. The molecule has 3 aliphatic carbocycles. The van der Waals surface area contributed by atoms with Gasteiger partial charge in [-0.15, -0.1) is 19.7 Å². The first-order chi connectivity index (χ1) is 22.1. The molecule has 0 spiro atoms. The van der Waals surface area contributed by atoms with Crippen molar-refractivity contribution >= 4 is 35.6 Å². The second-order valence-corrected chi connectivity index (χ2v) is 10.7. The number of aliphatic carboxylic acids is 1. The summed E-state index contributed by atoms with van der Waals surface area (Å²) in [6.45, 7) is 11.7. The minimum Gasteiger partial charge on any atom is -0.481 e. The minimum atomic E-state index is -0.905. The Hall–Kier alpha value is -4.42. The van der Waals surface area contributed by atoms with Crippen LogP contribution in [0.3, 0.4) is 0 Å². The van der Waals surface area contributed by atoms with Gasteiger partial charge in [0.15, 0.2) is 0 Å². The Bertz CT molecular complexity index is 1160. The van der Waals surface area contributed by atoms with Crippen LogP contribution in [0.25, 0.3) is 0 Å². The maximum atomic E-state index is 11.8. The lowest BCUT2D eigenvalue weighted by atomic mass is 9.82. The van der Waals surface area contributed by atoms with Crippen LogP contribution in [-0.4, -0.2) is 77.5 Å². The van der Waals surface area contributed by atoms with E-state index in [9.17, 15) is 28.8 Å². The van der Waals surface area contributed by atoms with Gasteiger partial charge in [0.25, 0.3) is 0 Å². The summed E-state index contributed by atoms with van der Waals surface area (Å²) >= 11 is 0. The highest BCUT2D eigenvalue weighted by Crippen LogP contribution is 2.35. The number of likely N-dealkylation sites (tertiary alicyclic amines) is 1. The molecule has 6 atom stereocenters. The molecule has 6 unspecified atom stereocenters. The van der Waals surface area contributed by atoms with Crippen LogP contribution in [0.5, 0.6) is 0 Å². The van der Waals surface area contributed by atoms with E-state index < -0.39 is 17.8 Å². The van der Waals surface area contributed by atoms with Gasteiger partial charge in [0, 0.05) is 26.7 Å². The lowest BCUT2D eigenvalue weighted by Gasteiger charge is -2.23. The average Bonchev–Trinajstić information content (AvgIpc) is 3.52. The quantitative estimate of drug-likeness (QED) is 0.139. The number of carbonyl (C=O) groups excluding carboxylic acids is 5. The molecule has 5 N–H and O–H groups in total. The van der Waals surface area contributed by atoms with Crippen molar-refractivity contribution in [2.24, 2.45) is 41.2 Å². The molecule has 5 aliphatic rings. The molecule has 2 heterocycles. The standard InChI is InChI=1S/C11H15NO3.C11H13NO2.C8H8O3.C3H7N.CH4O/c1-2-7-12-10(13)8-5-3-4-6-9(8)11(14)15;1-2-7-12-10(13)8-5-3-4-6-9(8)11(12)14;9-7-5-3-1-2-4-6(5)8(10)11-7;1-2-3-4;1-2/h2-4,8-9H,1,5-7H2,(H,12,13)(H,14,15);2-4,8-9H,1,5-7H2;1-2,5-6H,3-4H2;2H,1,3-4H2;2H,1H3. The van der Waals surface area contributed by atoms with E-state index in [4.69, 9.17) is 15.9 Å². The molecule has 2 aliphatic heterocycles. The maximum absolute atomic E-state index is 11.8. The molecule has 12 nitrogen and oxygen atoms in total. The second-order valence-electron chi connectivity index (χ2n) is 10.7. The predicted octanol–water partition coefficient (Wildman–Crippen LogP) is 2.47. The molecule has 2 saturated heterocycles. The Morgan fingerprint density at radius 3 is 1.59 bits per heavy atom. The van der Waals surface area contributed by atoms with Gasteiger partial charge in [-0.1, -0.05) is 54.7 Å². The highest BCUT2D eigenvalue weighted by molar-refractivity contribution is 6.05. The van der Waals surface area contributed by atoms with E-state index >= 15 is 0 Å². The van der Waals surface area contributed by atoms with Crippen molar-refractivity contribution in [3.63, 3.8) is 0 Å². The van der Waals surface area contributed by atoms with Crippen molar-refractivity contribution in [2.45, 2.75) is 38.5 Å². The number of aliphatic hydroxyl groups excluding tert-OH is 1. The lowest BCUT2D eigenvalue weighted by Crippen LogP contribution is -2.38. The van der Waals surface area contributed by atoms with Crippen LogP contribution in [-0.2, 0) is 33.5 Å². The zero-order chi connectivity index (χ0) is 34.6. The first-order valence-corrected chi connectivity index (χ1v) is 15.2. The number of nitrogens with one attached hydrogen (secondary N) is 1. The number of carboxylic acid groups (broad SMARTS) is 1. The molecule has 46 heavy (non-hydrogen) atoms. The van der Waals surface area contributed by atoms with Gasteiger partial charge in [0.1, 0.15) is 0 Å². The Balaban J connectivity index is 0.000000320. The molecule has 5 rings (SSSR count). The SMILES string of the molecule is C=CCN.C=CCN1C(=O)C2CC=CCC2C1=O.C=CCNC(=O)C1CC=CCC1C(=O)O.CO.O=C1OC(=O)C2CC=CCC12. The summed E-state index contributed by atoms with van der Waals surface area (Å²) < 4.78 is 4.49. The first-order valence-electron chi connectivity index (χ1n) is 15.2. The summed E-state index contributed by atoms with van der Waals surface area (Å²) in [5.74, 6) is -3.47. The van der Waals surface area contributed by atoms with Crippen LogP contribution in [0.1, 0.15) is 38.5 Å². The van der Waals surface area contributed by atoms with Crippen LogP contribution >= 0.6 is 0 Å². The molecule has 0 aromatic rings. The molecular formula is C34H47N3O9. The summed E-state index contributed by atoms with van der Waals surface area (Å²) in [5, 5.41) is 18.6. The molecule has 2 fully saturated rings. The summed E-state index contributed by atoms with van der Waals surface area (Å²) in [6, 6.07) is 0. The first kappa shape index (κ1) is 39.6. The molecule has 12 heteroatoms. The number of hydrogen-bond donors (Lipinski definition) is 4. The van der Waals surface area contributed by atoms with E-state index in [0.717, 1.165) is 7.11 Å². The highest BCUT2D eigenvalue weighted by atomic mass is 16.6. The highest BCUT2D eigenvalue weighted by Gasteiger charge is 2.46. The zero-order valence-corrected chi connectivity index (χ0v) is 26.4. The maximum Gasteiger partial charge on any atom is 0.317 e. The van der Waals surface area contributed by atoms with E-state index in [1.54, 1.807) is 18.2 Å². The van der Waals surface area contributed by atoms with E-state index in [2.05, 4.69) is 29.8 Å². The number of rotatable bonds is 7. The second kappa shape index (κ2) is 21.3. The van der Waals surface area contributed by atoms with Crippen LogP contribution < -0.4 is 11.1 Å². The Morgan fingerprint density at radius 2 is 1.20 bits per heavy atom. The number of hydrogen-bond acceptors (Lipinski definition) is 9. The number of nitrogens with zero attached hydrogens (tertiary/aromatic N) is 1. The van der Waals surface area contributed by atoms with Crippen LogP contribution in [0, 0.1) is 35.5 Å². The average molecular weight is 642 g/mol. The molecular weight excluding hydrogens is 594 g/mol. The summed E-state index contributed by atoms with van der Waals surface area (Å²) in [5.41, 5.74) is 4.91. The number of esters is 2. The smallest absolute Gasteiger partial charge is 0.317 e. The zero-order valence-electron chi connectivity index (χ0n) is 26.4. The predicted molar refractivity (Wildman–Crippen MR) is 172 cm³/mol. The van der Waals surface area contributed by atoms with Gasteiger partial charge < -0.3 is 26.0 Å². The third-order valence-corrected chi connectivity index (χ3v) is 7.82. The van der Waals surface area contributed by atoms with Gasteiger partial charge in [0.05, 0.1) is 35.5 Å². The number of aliphatic hydroxyl groups is 1. The van der Waals surface area contributed by atoms with Crippen molar-refractivity contribution in [3.05, 3.63) is 74.4 Å². The van der Waals surface area contributed by atoms with Crippen molar-refractivity contribution in [2.75, 3.05) is 26.7 Å². The van der Waals surface area contributed by atoms with Crippen molar-refractivity contribution in [3.8, 4) is 0 Å². The molecule has 0 saturated carbocycles. The van der Waals surface area contributed by atoms with Gasteiger partial charge in [-0.25, -0.2) is 0 Å². The van der Waals surface area contributed by atoms with E-state index in [1.165, 1.54) is 4.90 Å². The summed E-state index contributed by atoms with van der Waals surface area (Å²) in [7, 11) is 1.00. The third-order valence-electron chi connectivity index (χ3n) is 7.82. The number of ether oxygens (including phenoxy) is 1. The number of allylic oxidation sites excluding steroid dienone is 6. The lowest BCUT2D eigenvalue weighted by molar-refractivity contribution is -0.154. The van der Waals surface area contributed by atoms with Gasteiger partial charge in [-0.3, -0.25) is 33.7 Å². The molecule has 0 aromatic heterocycles. The fourth-order valence-electron chi connectivity index (χ4n) is 5.44. The van der Waals surface area contributed by atoms with Gasteiger partial charge in [0.2, 0.25) is 17.7 Å². The number of carboxylic acids is 1. The monoisotopic (exact) mass is 641 g/mol. The van der Waals surface area contributed by atoms with Gasteiger partial charge >= 0.3 is 17.9 Å². The summed E-state index contributed by atoms with van der Waals surface area (Å²) in [6.07, 6.45) is 20.0. The van der Waals surface area contributed by atoms with Gasteiger partial charge in [-0.2, -0.15) is 0 Å². The van der Waals surface area contributed by atoms with Crippen molar-refractivity contribution in [1.29, 1.82) is 0 Å². The number of carbonyl (C=O) groups is 6. The van der Waals surface area contributed by atoms with Crippen molar-refractivity contribution in [1.82, 2.24) is 10.2 Å². The van der Waals surface area contributed by atoms with Gasteiger partial charge in [-0.05, 0) is 38.5 Å². The number of imide groups is 1. The third kappa shape index (κ3) is 11.2. The van der Waals surface area contributed by atoms with Crippen LogP contribution in [0.15, 0.2) is 74.4 Å². The number of cyclic esters (lactones) is 2. The normalized spacial score (nSPS) is 26.5. The van der Waals surface area contributed by atoms with Crippen LogP contribution in [0.4, 0.5) is 0 Å². The number of fused-ring (bicyclic) bond motifs is 2. The largest absolute Gasteiger partial charge is 0.481 e. The number of amides is 3. The van der Waals surface area contributed by atoms with E-state index in [0.29, 0.717) is 58.2 Å². The van der Waals surface area contributed by atoms with Crippen LogP contribution in [0.2, 0.25) is 0 Å². The minimum absolute atomic E-state index is 0.0238. The summed E-state index contributed by atoms with van der Waals surface area (Å²) in [4.78, 5) is 69.3. The van der Waals surface area contributed by atoms with Crippen molar-refractivity contribution < 1.29 is 43.7 Å². The van der Waals surface area contributed by atoms with E-state index in [1.807, 2.05) is 36.5 Å². The Labute approximate surface area is 270 Å². The molecule has 0 radical (unpaired) electrons. The van der Waals surface area contributed by atoms with E-state index in [-0.39, 0.29) is 53.3 Å².